The van der Waals surface area contributed by atoms with E-state index in [9.17, 15) is 0 Å². The van der Waals surface area contributed by atoms with Crippen LogP contribution in [0.25, 0.3) is 0 Å². The first kappa shape index (κ1) is 7.76. The summed E-state index contributed by atoms with van der Waals surface area (Å²) >= 11 is 0. The van der Waals surface area contributed by atoms with Crippen LogP contribution in [0.3, 0.4) is 0 Å². The highest BCUT2D eigenvalue weighted by atomic mass is 16.5. The Hall–Kier alpha value is -0.340. The molecule has 2 N–H and O–H groups in total. The zero-order chi connectivity index (χ0) is 7.40. The molecule has 0 unspecified atom stereocenters. The molecule has 10 heavy (non-hydrogen) atoms. The molecule has 0 aliphatic heterocycles. The van der Waals surface area contributed by atoms with Gasteiger partial charge in [-0.2, -0.15) is 0 Å². The summed E-state index contributed by atoms with van der Waals surface area (Å²) in [5, 5.41) is 17.2. The Morgan fingerprint density at radius 3 is 2.20 bits per heavy atom. The van der Waals surface area contributed by atoms with E-state index in [2.05, 4.69) is 0 Å². The van der Waals surface area contributed by atoms with E-state index in [-0.39, 0.29) is 0 Å². The molecule has 0 radical (unpaired) electrons. The van der Waals surface area contributed by atoms with Crippen LogP contribution in [-0.4, -0.2) is 16.5 Å². The quantitative estimate of drug-likeness (QED) is 0.426. The van der Waals surface area contributed by atoms with Crippen LogP contribution in [0.15, 0.2) is 11.6 Å². The van der Waals surface area contributed by atoms with Gasteiger partial charge in [0.25, 0.3) is 0 Å². The third kappa shape index (κ3) is 2.50. The van der Waals surface area contributed by atoms with Gasteiger partial charge in [-0.15, -0.1) is 0 Å². The molecule has 0 saturated heterocycles. The van der Waals surface area contributed by atoms with Gasteiger partial charge in [0.15, 0.2) is 6.29 Å². The first-order valence-electron chi connectivity index (χ1n) is 3.85. The van der Waals surface area contributed by atoms with E-state index in [4.69, 9.17) is 10.2 Å². The fourth-order valence-corrected chi connectivity index (χ4v) is 1.38. The Morgan fingerprint density at radius 1 is 1.10 bits per heavy atom. The van der Waals surface area contributed by atoms with Gasteiger partial charge in [0.1, 0.15) is 0 Å². The summed E-state index contributed by atoms with van der Waals surface area (Å²) in [5.41, 5.74) is 1.21. The lowest BCUT2D eigenvalue weighted by Crippen LogP contribution is -2.03. The molecule has 0 aromatic heterocycles. The van der Waals surface area contributed by atoms with Crippen LogP contribution in [0, 0.1) is 0 Å². The average Bonchev–Trinajstić information content (AvgIpc) is 1.88. The maximum Gasteiger partial charge on any atom is 0.171 e. The maximum atomic E-state index is 8.58. The van der Waals surface area contributed by atoms with Crippen molar-refractivity contribution in [2.45, 2.75) is 38.4 Å². The molecule has 0 spiro atoms. The summed E-state index contributed by atoms with van der Waals surface area (Å²) in [6.07, 6.45) is 6.12. The van der Waals surface area contributed by atoms with Crippen molar-refractivity contribution >= 4 is 0 Å². The van der Waals surface area contributed by atoms with E-state index in [1.165, 1.54) is 24.8 Å². The molecule has 1 rings (SSSR count). The van der Waals surface area contributed by atoms with Gasteiger partial charge in [-0.3, -0.25) is 0 Å². The lowest BCUT2D eigenvalue weighted by molar-refractivity contribution is 0.00137. The Bertz CT molecular complexity index is 119. The Kier molecular flexibility index (Phi) is 2.90. The molecule has 0 bridgehead atoms. The number of hydrogen-bond donors (Lipinski definition) is 2. The highest BCUT2D eigenvalue weighted by molar-refractivity contribution is 5.04. The van der Waals surface area contributed by atoms with Crippen LogP contribution in [0.5, 0.6) is 0 Å². The minimum atomic E-state index is -1.24. The van der Waals surface area contributed by atoms with Crippen molar-refractivity contribution in [3.05, 3.63) is 11.6 Å². The molecular weight excluding hydrogens is 128 g/mol. The number of rotatable bonds is 1. The van der Waals surface area contributed by atoms with Crippen LogP contribution in [-0.2, 0) is 0 Å². The summed E-state index contributed by atoms with van der Waals surface area (Å²) < 4.78 is 0. The monoisotopic (exact) mass is 142 g/mol. The smallest absolute Gasteiger partial charge is 0.171 e. The molecule has 0 heterocycles. The number of aliphatic hydroxyl groups is 2. The van der Waals surface area contributed by atoms with Gasteiger partial charge in [-0.1, -0.05) is 12.0 Å². The van der Waals surface area contributed by atoms with Crippen molar-refractivity contribution in [2.24, 2.45) is 0 Å². The van der Waals surface area contributed by atoms with Crippen molar-refractivity contribution in [1.29, 1.82) is 0 Å². The third-order valence-corrected chi connectivity index (χ3v) is 1.88. The maximum absolute atomic E-state index is 8.58. The lowest BCUT2D eigenvalue weighted by atomic mass is 9.95. The average molecular weight is 142 g/mol. The van der Waals surface area contributed by atoms with Crippen LogP contribution in [0.4, 0.5) is 0 Å². The van der Waals surface area contributed by atoms with Gasteiger partial charge >= 0.3 is 0 Å². The van der Waals surface area contributed by atoms with Crippen LogP contribution in [0.2, 0.25) is 0 Å². The SMILES string of the molecule is OC(O)C=C1CCCCC1. The fourth-order valence-electron chi connectivity index (χ4n) is 1.38. The standard InChI is InChI=1S/C8H14O2/c9-8(10)6-7-4-2-1-3-5-7/h6,8-10H,1-5H2. The first-order chi connectivity index (χ1) is 4.79. The molecule has 0 aromatic carbocycles. The summed E-state index contributed by atoms with van der Waals surface area (Å²) in [7, 11) is 0. The number of hydrogen-bond acceptors (Lipinski definition) is 2. The van der Waals surface area contributed by atoms with Gasteiger partial charge in [-0.05, 0) is 31.8 Å². The minimum Gasteiger partial charge on any atom is -0.365 e. The molecule has 2 heteroatoms. The van der Waals surface area contributed by atoms with Gasteiger partial charge < -0.3 is 10.2 Å². The molecule has 2 nitrogen and oxygen atoms in total. The second-order valence-electron chi connectivity index (χ2n) is 2.80. The molecule has 1 saturated carbocycles. The lowest BCUT2D eigenvalue weighted by Gasteiger charge is -2.13. The highest BCUT2D eigenvalue weighted by Crippen LogP contribution is 2.22. The molecule has 1 fully saturated rings. The van der Waals surface area contributed by atoms with E-state index in [0.717, 1.165) is 12.8 Å². The van der Waals surface area contributed by atoms with E-state index < -0.39 is 6.29 Å². The molecule has 0 aromatic rings. The third-order valence-electron chi connectivity index (χ3n) is 1.88. The van der Waals surface area contributed by atoms with Gasteiger partial charge in [0.2, 0.25) is 0 Å². The van der Waals surface area contributed by atoms with Crippen LogP contribution < -0.4 is 0 Å². The van der Waals surface area contributed by atoms with Gasteiger partial charge in [0.05, 0.1) is 0 Å². The van der Waals surface area contributed by atoms with Gasteiger partial charge in [-0.25, -0.2) is 0 Å². The molecule has 0 atom stereocenters. The van der Waals surface area contributed by atoms with Crippen molar-refractivity contribution in [3.8, 4) is 0 Å². The zero-order valence-corrected chi connectivity index (χ0v) is 6.08. The minimum absolute atomic E-state index is 1.05. The highest BCUT2D eigenvalue weighted by Gasteiger charge is 2.05. The largest absolute Gasteiger partial charge is 0.365 e. The molecule has 1 aliphatic rings. The molecule has 58 valence electrons. The van der Waals surface area contributed by atoms with Crippen LogP contribution >= 0.6 is 0 Å². The van der Waals surface area contributed by atoms with E-state index in [1.54, 1.807) is 6.08 Å². The summed E-state index contributed by atoms with van der Waals surface area (Å²) in [6.45, 7) is 0. The number of aliphatic hydroxyl groups excluding tert-OH is 1. The Labute approximate surface area is 61.2 Å². The summed E-state index contributed by atoms with van der Waals surface area (Å²) in [4.78, 5) is 0. The fraction of sp³-hybridized carbons (Fsp3) is 0.750. The predicted molar refractivity (Wildman–Crippen MR) is 39.4 cm³/mol. The second kappa shape index (κ2) is 3.74. The topological polar surface area (TPSA) is 40.5 Å². The Morgan fingerprint density at radius 2 is 1.70 bits per heavy atom. The summed E-state index contributed by atoms with van der Waals surface area (Å²) in [5.74, 6) is 0. The second-order valence-corrected chi connectivity index (χ2v) is 2.80. The van der Waals surface area contributed by atoms with E-state index >= 15 is 0 Å². The van der Waals surface area contributed by atoms with Crippen molar-refractivity contribution in [1.82, 2.24) is 0 Å². The van der Waals surface area contributed by atoms with Crippen LogP contribution in [0.1, 0.15) is 32.1 Å². The van der Waals surface area contributed by atoms with Crippen molar-refractivity contribution < 1.29 is 10.2 Å². The predicted octanol–water partition coefficient (Wildman–Crippen LogP) is 1.19. The Balaban J connectivity index is 2.37. The first-order valence-corrected chi connectivity index (χ1v) is 3.85. The van der Waals surface area contributed by atoms with Crippen molar-refractivity contribution in [3.63, 3.8) is 0 Å². The zero-order valence-electron chi connectivity index (χ0n) is 6.08. The van der Waals surface area contributed by atoms with E-state index in [1.807, 2.05) is 0 Å². The number of allylic oxidation sites excluding steroid dienone is 1. The summed E-state index contributed by atoms with van der Waals surface area (Å²) in [6, 6.07) is 0. The van der Waals surface area contributed by atoms with Gasteiger partial charge in [0, 0.05) is 0 Å². The molecular formula is C8H14O2. The van der Waals surface area contributed by atoms with E-state index in [0.29, 0.717) is 0 Å². The van der Waals surface area contributed by atoms with Crippen molar-refractivity contribution in [2.75, 3.05) is 0 Å². The molecule has 1 aliphatic carbocycles. The normalized spacial score (nSPS) is 19.7. The molecule has 0 amide bonds.